The number of aliphatic hydroxyl groups excluding tert-OH is 1. The van der Waals surface area contributed by atoms with Gasteiger partial charge in [-0.3, -0.25) is 0 Å². The minimum atomic E-state index is -0.902. The molecule has 2 rings (SSSR count). The molecule has 0 saturated carbocycles. The van der Waals surface area contributed by atoms with E-state index in [-0.39, 0.29) is 18.6 Å². The number of carbonyl (C=O) groups is 1. The third kappa shape index (κ3) is 10.2. The molecule has 0 aliphatic heterocycles. The maximum atomic E-state index is 12.2. The largest absolute Gasteiger partial charge is 0.490 e. The Hall–Kier alpha value is -2.85. The van der Waals surface area contributed by atoms with Gasteiger partial charge in [0.05, 0.1) is 0 Å². The van der Waals surface area contributed by atoms with E-state index in [4.69, 9.17) is 9.47 Å². The Labute approximate surface area is 224 Å². The predicted octanol–water partition coefficient (Wildman–Crippen LogP) is 7.93. The second-order valence-electron chi connectivity index (χ2n) is 11.2. The predicted molar refractivity (Wildman–Crippen MR) is 154 cm³/mol. The monoisotopic (exact) mass is 506 g/mol. The molecule has 0 saturated heterocycles. The van der Waals surface area contributed by atoms with Crippen LogP contribution in [0, 0.1) is 12.3 Å². The van der Waals surface area contributed by atoms with Crippen LogP contribution in [0.1, 0.15) is 84.8 Å². The van der Waals surface area contributed by atoms with Crippen LogP contribution < -0.4 is 4.74 Å². The van der Waals surface area contributed by atoms with Gasteiger partial charge >= 0.3 is 5.97 Å². The van der Waals surface area contributed by atoms with Gasteiger partial charge in [-0.15, -0.1) is 0 Å². The number of allylic oxidation sites excluding steroid dienone is 9. The average molecular weight is 507 g/mol. The first-order valence-corrected chi connectivity index (χ1v) is 13.4. The molecule has 0 amide bonds. The maximum absolute atomic E-state index is 12.2. The normalized spacial score (nSPS) is 17.7. The molecule has 4 nitrogen and oxygen atoms in total. The lowest BCUT2D eigenvalue weighted by molar-refractivity contribution is -0.141. The van der Waals surface area contributed by atoms with Crippen molar-refractivity contribution in [2.75, 3.05) is 13.2 Å². The fourth-order valence-electron chi connectivity index (χ4n) is 4.45. The molecule has 0 heterocycles. The van der Waals surface area contributed by atoms with E-state index in [1.165, 1.54) is 42.0 Å². The van der Waals surface area contributed by atoms with Gasteiger partial charge in [0.15, 0.2) is 0 Å². The highest BCUT2D eigenvalue weighted by atomic mass is 16.5. The van der Waals surface area contributed by atoms with Gasteiger partial charge in [0.1, 0.15) is 25.1 Å². The van der Waals surface area contributed by atoms with Gasteiger partial charge in [-0.25, -0.2) is 4.79 Å². The van der Waals surface area contributed by atoms with Gasteiger partial charge < -0.3 is 14.6 Å². The van der Waals surface area contributed by atoms with Crippen LogP contribution in [-0.4, -0.2) is 30.4 Å². The van der Waals surface area contributed by atoms with Crippen molar-refractivity contribution < 1.29 is 19.4 Å². The fourth-order valence-corrected chi connectivity index (χ4v) is 4.45. The molecule has 0 bridgehead atoms. The highest BCUT2D eigenvalue weighted by Gasteiger charge is 2.26. The molecule has 1 aliphatic carbocycles. The van der Waals surface area contributed by atoms with Gasteiger partial charge in [-0.2, -0.15) is 0 Å². The van der Waals surface area contributed by atoms with Crippen molar-refractivity contribution in [3.63, 3.8) is 0 Å². The number of hydrogen-bond acceptors (Lipinski definition) is 4. The molecular weight excluding hydrogens is 460 g/mol. The fraction of sp³-hybridized carbons (Fsp3) is 0.485. The van der Waals surface area contributed by atoms with Crippen molar-refractivity contribution in [3.05, 3.63) is 88.1 Å². The molecule has 1 unspecified atom stereocenters. The smallest absolute Gasteiger partial charge is 0.331 e. The highest BCUT2D eigenvalue weighted by Crippen LogP contribution is 2.40. The Kier molecular flexibility index (Phi) is 11.6. The third-order valence-corrected chi connectivity index (χ3v) is 6.85. The Morgan fingerprint density at radius 2 is 1.84 bits per heavy atom. The number of carbonyl (C=O) groups excluding carboxylic acids is 1. The van der Waals surface area contributed by atoms with Crippen LogP contribution in [-0.2, 0) is 9.53 Å². The zero-order chi connectivity index (χ0) is 27.6. The van der Waals surface area contributed by atoms with Crippen molar-refractivity contribution in [1.29, 1.82) is 0 Å². The molecule has 0 radical (unpaired) electrons. The van der Waals surface area contributed by atoms with Gasteiger partial charge in [0.2, 0.25) is 0 Å². The molecule has 1 atom stereocenters. The number of aryl methyl sites for hydroxylation is 1. The number of aliphatic hydroxyl groups is 1. The summed E-state index contributed by atoms with van der Waals surface area (Å²) in [5.41, 5.74) is 7.26. The van der Waals surface area contributed by atoms with Crippen LogP contribution in [0.3, 0.4) is 0 Å². The summed E-state index contributed by atoms with van der Waals surface area (Å²) < 4.78 is 11.0. The summed E-state index contributed by atoms with van der Waals surface area (Å²) in [5, 5.41) is 10.2. The summed E-state index contributed by atoms with van der Waals surface area (Å²) in [6.45, 7) is 17.0. The Balaban J connectivity index is 1.82. The Morgan fingerprint density at radius 3 is 2.51 bits per heavy atom. The van der Waals surface area contributed by atoms with Crippen molar-refractivity contribution in [2.24, 2.45) is 5.41 Å². The van der Waals surface area contributed by atoms with Crippen molar-refractivity contribution >= 4 is 5.97 Å². The second-order valence-corrected chi connectivity index (χ2v) is 11.2. The first kappa shape index (κ1) is 30.4. The van der Waals surface area contributed by atoms with Crippen LogP contribution in [0.25, 0.3) is 0 Å². The van der Waals surface area contributed by atoms with E-state index in [0.717, 1.165) is 22.5 Å². The number of rotatable bonds is 11. The summed E-state index contributed by atoms with van der Waals surface area (Å²) >= 11 is 0. The highest BCUT2D eigenvalue weighted by molar-refractivity contribution is 5.83. The van der Waals surface area contributed by atoms with Crippen molar-refractivity contribution in [3.8, 4) is 5.75 Å². The zero-order valence-corrected chi connectivity index (χ0v) is 24.1. The molecule has 202 valence electrons. The molecule has 0 fully saturated rings. The second kappa shape index (κ2) is 14.2. The first-order chi connectivity index (χ1) is 17.4. The number of benzene rings is 1. The quantitative estimate of drug-likeness (QED) is 0.188. The van der Waals surface area contributed by atoms with Gasteiger partial charge in [-0.1, -0.05) is 81.4 Å². The van der Waals surface area contributed by atoms with E-state index in [1.54, 1.807) is 0 Å². The zero-order valence-electron chi connectivity index (χ0n) is 24.1. The molecular formula is C33H46O4. The van der Waals surface area contributed by atoms with Crippen LogP contribution in [0.5, 0.6) is 5.75 Å². The molecule has 1 N–H and O–H groups in total. The van der Waals surface area contributed by atoms with Gasteiger partial charge in [-0.05, 0) is 86.6 Å². The van der Waals surface area contributed by atoms with E-state index in [2.05, 4.69) is 59.8 Å². The van der Waals surface area contributed by atoms with Crippen LogP contribution in [0.15, 0.2) is 76.9 Å². The minimum absolute atomic E-state index is 0.0590. The molecule has 37 heavy (non-hydrogen) atoms. The van der Waals surface area contributed by atoms with Crippen LogP contribution >= 0.6 is 0 Å². The Morgan fingerprint density at radius 1 is 1.11 bits per heavy atom. The third-order valence-electron chi connectivity index (χ3n) is 6.85. The van der Waals surface area contributed by atoms with Gasteiger partial charge in [0, 0.05) is 6.08 Å². The number of hydrogen-bond donors (Lipinski definition) is 1. The summed E-state index contributed by atoms with van der Waals surface area (Å²) in [6.07, 6.45) is 14.4. The number of esters is 1. The lowest BCUT2D eigenvalue weighted by Crippen LogP contribution is -2.25. The molecule has 1 aromatic rings. The summed E-state index contributed by atoms with van der Waals surface area (Å²) in [6, 6.07) is 6.10. The molecule has 0 spiro atoms. The standard InChI is InChI=1S/C33H46O4/c1-23(2)28-16-15-27(6)31(20-28)36-21-29(34)22-37-32(35)19-25(4)12-9-11-24(3)14-17-30-26(5)13-10-18-33(30,7)8/h9,11-12,14-17,19-20,23,29,34H,10,13,18,21-22H2,1-8H3/b12-9+,17-14+,24-11+,25-19+. The van der Waals surface area contributed by atoms with E-state index in [9.17, 15) is 9.90 Å². The SMILES string of the molecule is CC1=C(/C=C/C(C)=C/C=C/C(C)=C/C(=O)OCC(O)COc2cc(C(C)C)ccc2C)C(C)(C)CCC1. The van der Waals surface area contributed by atoms with E-state index in [0.29, 0.717) is 5.92 Å². The van der Waals surface area contributed by atoms with Crippen molar-refractivity contribution in [2.45, 2.75) is 86.7 Å². The maximum Gasteiger partial charge on any atom is 0.331 e. The van der Waals surface area contributed by atoms with E-state index in [1.807, 2.05) is 44.2 Å². The number of ether oxygens (including phenoxy) is 2. The van der Waals surface area contributed by atoms with E-state index >= 15 is 0 Å². The molecule has 1 aromatic carbocycles. The summed E-state index contributed by atoms with van der Waals surface area (Å²) in [7, 11) is 0. The lowest BCUT2D eigenvalue weighted by Gasteiger charge is -2.32. The molecule has 4 heteroatoms. The minimum Gasteiger partial charge on any atom is -0.490 e. The Bertz CT molecular complexity index is 1080. The van der Waals surface area contributed by atoms with Crippen LogP contribution in [0.4, 0.5) is 0 Å². The molecule has 1 aliphatic rings. The molecule has 0 aromatic heterocycles. The van der Waals surface area contributed by atoms with E-state index < -0.39 is 12.1 Å². The van der Waals surface area contributed by atoms with Crippen LogP contribution in [0.2, 0.25) is 0 Å². The summed E-state index contributed by atoms with van der Waals surface area (Å²) in [5.74, 6) is 0.649. The average Bonchev–Trinajstić information content (AvgIpc) is 2.81. The lowest BCUT2D eigenvalue weighted by atomic mass is 9.72. The van der Waals surface area contributed by atoms with Crippen molar-refractivity contribution in [1.82, 2.24) is 0 Å². The summed E-state index contributed by atoms with van der Waals surface area (Å²) in [4.78, 5) is 12.2. The topological polar surface area (TPSA) is 55.8 Å². The first-order valence-electron chi connectivity index (χ1n) is 13.4. The van der Waals surface area contributed by atoms with Gasteiger partial charge in [0.25, 0.3) is 0 Å².